The number of rotatable bonds is 2. The van der Waals surface area contributed by atoms with E-state index in [0.29, 0.717) is 6.42 Å². The average Bonchev–Trinajstić information content (AvgIpc) is 1.95. The molecule has 0 saturated carbocycles. The van der Waals surface area contributed by atoms with Crippen LogP contribution in [-0.2, 0) is 6.42 Å². The summed E-state index contributed by atoms with van der Waals surface area (Å²) in [6.45, 7) is 0.155. The lowest BCUT2D eigenvalue weighted by Crippen LogP contribution is -1.93. The Morgan fingerprint density at radius 3 is 2.64 bits per heavy atom. The van der Waals surface area contributed by atoms with Crippen LogP contribution >= 0.6 is 31.9 Å². The van der Waals surface area contributed by atoms with Gasteiger partial charge >= 0.3 is 0 Å². The van der Waals surface area contributed by atoms with Gasteiger partial charge in [0.25, 0.3) is 0 Å². The Bertz CT molecular complexity index is 252. The van der Waals surface area contributed by atoms with Gasteiger partial charge in [0.05, 0.1) is 0 Å². The van der Waals surface area contributed by atoms with E-state index in [4.69, 9.17) is 5.11 Å². The number of aromatic nitrogens is 1. The molecule has 11 heavy (non-hydrogen) atoms. The lowest BCUT2D eigenvalue weighted by atomic mass is 10.2. The van der Waals surface area contributed by atoms with Gasteiger partial charge in [-0.3, -0.25) is 0 Å². The molecule has 0 aliphatic rings. The molecule has 0 radical (unpaired) electrons. The number of halogens is 2. The zero-order valence-corrected chi connectivity index (χ0v) is 8.89. The van der Waals surface area contributed by atoms with E-state index in [-0.39, 0.29) is 6.61 Å². The number of aliphatic hydroxyl groups excluding tert-OH is 1. The Labute approximate surface area is 81.9 Å². The normalized spacial score (nSPS) is 10.1. The van der Waals surface area contributed by atoms with Gasteiger partial charge in [-0.25, -0.2) is 4.98 Å². The van der Waals surface area contributed by atoms with Crippen molar-refractivity contribution >= 4 is 31.9 Å². The van der Waals surface area contributed by atoms with Gasteiger partial charge in [-0.2, -0.15) is 0 Å². The van der Waals surface area contributed by atoms with Crippen LogP contribution in [0.5, 0.6) is 0 Å². The first-order chi connectivity index (χ1) is 5.24. The van der Waals surface area contributed by atoms with Gasteiger partial charge in [-0.1, -0.05) is 6.07 Å². The molecular formula is C7H7Br2NO. The van der Waals surface area contributed by atoms with Crippen molar-refractivity contribution in [2.24, 2.45) is 0 Å². The maximum absolute atomic E-state index is 8.65. The first-order valence-electron chi connectivity index (χ1n) is 3.16. The van der Waals surface area contributed by atoms with Crippen molar-refractivity contribution in [3.05, 3.63) is 26.9 Å². The van der Waals surface area contributed by atoms with Crippen LogP contribution in [0.3, 0.4) is 0 Å². The van der Waals surface area contributed by atoms with Crippen LogP contribution in [0, 0.1) is 0 Å². The highest BCUT2D eigenvalue weighted by Gasteiger charge is 1.99. The van der Waals surface area contributed by atoms with Gasteiger partial charge in [0.15, 0.2) is 0 Å². The van der Waals surface area contributed by atoms with Crippen LogP contribution < -0.4 is 0 Å². The van der Waals surface area contributed by atoms with Crippen LogP contribution in [0.2, 0.25) is 0 Å². The molecule has 0 unspecified atom stereocenters. The first kappa shape index (κ1) is 9.16. The number of hydrogen-bond acceptors (Lipinski definition) is 2. The molecule has 0 amide bonds. The number of nitrogens with zero attached hydrogens (tertiary/aromatic N) is 1. The molecule has 0 aliphatic heterocycles. The van der Waals surface area contributed by atoms with E-state index >= 15 is 0 Å². The van der Waals surface area contributed by atoms with E-state index < -0.39 is 0 Å². The number of hydrogen-bond donors (Lipinski definition) is 1. The van der Waals surface area contributed by atoms with Gasteiger partial charge in [0, 0.05) is 6.61 Å². The molecule has 1 aromatic rings. The molecule has 0 aromatic carbocycles. The summed E-state index contributed by atoms with van der Waals surface area (Å²) in [5.74, 6) is 0. The monoisotopic (exact) mass is 279 g/mol. The van der Waals surface area contributed by atoms with Crippen molar-refractivity contribution in [1.29, 1.82) is 0 Å². The molecule has 0 saturated heterocycles. The molecule has 4 heteroatoms. The third-order valence-electron chi connectivity index (χ3n) is 1.27. The molecular weight excluding hydrogens is 274 g/mol. The second kappa shape index (κ2) is 4.18. The lowest BCUT2D eigenvalue weighted by Gasteiger charge is -2.00. The highest BCUT2D eigenvalue weighted by molar-refractivity contribution is 9.11. The van der Waals surface area contributed by atoms with Gasteiger partial charge in [0.1, 0.15) is 9.21 Å². The Morgan fingerprint density at radius 2 is 2.09 bits per heavy atom. The minimum Gasteiger partial charge on any atom is -0.396 e. The van der Waals surface area contributed by atoms with Crippen LogP contribution in [0.25, 0.3) is 0 Å². The van der Waals surface area contributed by atoms with Crippen molar-refractivity contribution in [2.75, 3.05) is 6.61 Å². The van der Waals surface area contributed by atoms with E-state index in [0.717, 1.165) is 14.8 Å². The highest BCUT2D eigenvalue weighted by atomic mass is 79.9. The van der Waals surface area contributed by atoms with Crippen molar-refractivity contribution in [3.8, 4) is 0 Å². The van der Waals surface area contributed by atoms with E-state index in [9.17, 15) is 0 Å². The summed E-state index contributed by atoms with van der Waals surface area (Å²) in [7, 11) is 0. The highest BCUT2D eigenvalue weighted by Crippen LogP contribution is 2.17. The fraction of sp³-hybridized carbons (Fsp3) is 0.286. The predicted octanol–water partition coefficient (Wildman–Crippen LogP) is 2.14. The van der Waals surface area contributed by atoms with E-state index in [1.165, 1.54) is 0 Å². The maximum atomic E-state index is 8.65. The quantitative estimate of drug-likeness (QED) is 0.842. The Kier molecular flexibility index (Phi) is 3.48. The van der Waals surface area contributed by atoms with Gasteiger partial charge in [-0.15, -0.1) is 0 Å². The largest absolute Gasteiger partial charge is 0.396 e. The van der Waals surface area contributed by atoms with Crippen molar-refractivity contribution in [3.63, 3.8) is 0 Å². The minimum atomic E-state index is 0.155. The Morgan fingerprint density at radius 1 is 1.36 bits per heavy atom. The van der Waals surface area contributed by atoms with E-state index in [1.54, 1.807) is 0 Å². The molecule has 1 rings (SSSR count). The summed E-state index contributed by atoms with van der Waals surface area (Å²) >= 11 is 6.54. The number of aliphatic hydroxyl groups is 1. The summed E-state index contributed by atoms with van der Waals surface area (Å²) in [6.07, 6.45) is 0.640. The molecule has 0 fully saturated rings. The van der Waals surface area contributed by atoms with Crippen LogP contribution in [0.4, 0.5) is 0 Å². The molecule has 1 heterocycles. The second-order valence-corrected chi connectivity index (χ2v) is 3.62. The average molecular weight is 281 g/mol. The smallest absolute Gasteiger partial charge is 0.110 e. The summed E-state index contributed by atoms with van der Waals surface area (Å²) in [4.78, 5) is 4.11. The van der Waals surface area contributed by atoms with Crippen LogP contribution in [0.15, 0.2) is 21.3 Å². The molecule has 0 spiro atoms. The van der Waals surface area contributed by atoms with Crippen molar-refractivity contribution in [2.45, 2.75) is 6.42 Å². The second-order valence-electron chi connectivity index (χ2n) is 2.06. The topological polar surface area (TPSA) is 33.1 Å². The third kappa shape index (κ3) is 2.54. The van der Waals surface area contributed by atoms with Crippen molar-refractivity contribution < 1.29 is 5.11 Å². The maximum Gasteiger partial charge on any atom is 0.110 e. The Hall–Kier alpha value is 0.0700. The fourth-order valence-electron chi connectivity index (χ4n) is 0.748. The molecule has 0 atom stereocenters. The zero-order chi connectivity index (χ0) is 8.27. The summed E-state index contributed by atoms with van der Waals surface area (Å²) in [6, 6.07) is 3.78. The SMILES string of the molecule is OCCc1ccc(Br)nc1Br. The molecule has 1 aromatic heterocycles. The molecule has 0 aliphatic carbocycles. The van der Waals surface area contributed by atoms with Gasteiger partial charge < -0.3 is 5.11 Å². The molecule has 2 nitrogen and oxygen atoms in total. The lowest BCUT2D eigenvalue weighted by molar-refractivity contribution is 0.299. The van der Waals surface area contributed by atoms with Gasteiger partial charge in [0.2, 0.25) is 0 Å². The zero-order valence-electron chi connectivity index (χ0n) is 5.72. The molecule has 0 bridgehead atoms. The summed E-state index contributed by atoms with van der Waals surface area (Å²) in [5, 5.41) is 8.65. The van der Waals surface area contributed by atoms with Crippen LogP contribution in [0.1, 0.15) is 5.56 Å². The minimum absolute atomic E-state index is 0.155. The van der Waals surface area contributed by atoms with E-state index in [1.807, 2.05) is 12.1 Å². The van der Waals surface area contributed by atoms with Gasteiger partial charge in [-0.05, 0) is 49.9 Å². The standard InChI is InChI=1S/C7H7Br2NO/c8-6-2-1-5(3-4-11)7(9)10-6/h1-2,11H,3-4H2. The molecule has 1 N–H and O–H groups in total. The summed E-state index contributed by atoms with van der Waals surface area (Å²) < 4.78 is 1.59. The predicted molar refractivity (Wildman–Crippen MR) is 50.4 cm³/mol. The first-order valence-corrected chi connectivity index (χ1v) is 4.74. The Balaban J connectivity index is 2.90. The summed E-state index contributed by atoms with van der Waals surface area (Å²) in [5.41, 5.74) is 1.02. The molecule has 60 valence electrons. The fourth-order valence-corrected chi connectivity index (χ4v) is 1.82. The van der Waals surface area contributed by atoms with Crippen molar-refractivity contribution in [1.82, 2.24) is 4.98 Å². The third-order valence-corrected chi connectivity index (χ3v) is 2.40. The van der Waals surface area contributed by atoms with E-state index in [2.05, 4.69) is 36.8 Å². The number of pyridine rings is 1. The van der Waals surface area contributed by atoms with Crippen LogP contribution in [-0.4, -0.2) is 16.7 Å².